The van der Waals surface area contributed by atoms with Crippen LogP contribution in [0.4, 0.5) is 0 Å². The van der Waals surface area contributed by atoms with Gasteiger partial charge in [0, 0.05) is 18.9 Å². The van der Waals surface area contributed by atoms with Gasteiger partial charge in [-0.3, -0.25) is 23.8 Å². The van der Waals surface area contributed by atoms with E-state index in [9.17, 15) is 9.59 Å². The maximum Gasteiger partial charge on any atom is 0.268 e. The molecular weight excluding hydrogens is 392 g/mol. The fraction of sp³-hybridized carbons (Fsp3) is 0.174. The molecule has 1 atom stereocenters. The van der Waals surface area contributed by atoms with Crippen molar-refractivity contribution in [3.05, 3.63) is 107 Å². The highest BCUT2D eigenvalue weighted by Crippen LogP contribution is 2.18. The molecule has 0 aliphatic carbocycles. The van der Waals surface area contributed by atoms with Crippen LogP contribution >= 0.6 is 0 Å². The van der Waals surface area contributed by atoms with Gasteiger partial charge in [0.25, 0.3) is 11.5 Å². The average molecular weight is 414 g/mol. The minimum absolute atomic E-state index is 0.119. The third-order valence-electron chi connectivity index (χ3n) is 5.07. The van der Waals surface area contributed by atoms with E-state index in [4.69, 9.17) is 0 Å². The first kappa shape index (κ1) is 20.2. The molecule has 3 heterocycles. The monoisotopic (exact) mass is 414 g/mol. The van der Waals surface area contributed by atoms with Crippen LogP contribution in [-0.4, -0.2) is 30.2 Å². The summed E-state index contributed by atoms with van der Waals surface area (Å²) in [7, 11) is 0. The molecule has 0 bridgehead atoms. The highest BCUT2D eigenvalue weighted by atomic mass is 16.2. The van der Waals surface area contributed by atoms with Crippen molar-refractivity contribution in [2.24, 2.45) is 0 Å². The molecule has 0 saturated carbocycles. The summed E-state index contributed by atoms with van der Waals surface area (Å²) in [5.41, 5.74) is 1.91. The lowest BCUT2D eigenvalue weighted by atomic mass is 10.0. The highest BCUT2D eigenvalue weighted by molar-refractivity contribution is 5.95. The van der Waals surface area contributed by atoms with Crippen LogP contribution in [0, 0.1) is 6.92 Å². The molecule has 1 amide bonds. The number of benzene rings is 1. The maximum absolute atomic E-state index is 13.2. The van der Waals surface area contributed by atoms with E-state index in [1.54, 1.807) is 54.7 Å². The second kappa shape index (κ2) is 9.17. The number of hydrogen-bond donors (Lipinski definition) is 1. The number of pyridine rings is 2. The molecule has 1 aromatic carbocycles. The summed E-state index contributed by atoms with van der Waals surface area (Å²) in [6, 6.07) is 14.7. The molecule has 0 saturated heterocycles. The molecule has 4 aromatic rings. The Morgan fingerprint density at radius 3 is 2.65 bits per heavy atom. The number of nitrogens with one attached hydrogen (secondary N) is 1. The van der Waals surface area contributed by atoms with E-state index in [-0.39, 0.29) is 17.2 Å². The second-order valence-electron chi connectivity index (χ2n) is 7.14. The van der Waals surface area contributed by atoms with E-state index in [2.05, 4.69) is 20.4 Å². The zero-order chi connectivity index (χ0) is 21.6. The highest BCUT2D eigenvalue weighted by Gasteiger charge is 2.21. The minimum atomic E-state index is -0.409. The predicted molar refractivity (Wildman–Crippen MR) is 116 cm³/mol. The van der Waals surface area contributed by atoms with Gasteiger partial charge in [-0.05, 0) is 42.7 Å². The Bertz CT molecular complexity index is 1200. The normalized spacial score (nSPS) is 11.8. The SMILES string of the molecule is Cc1ccn(-c2cccnc2)c(=O)c1C(=O)NC(CCn1cncn1)c1ccccc1. The summed E-state index contributed by atoms with van der Waals surface area (Å²) in [5.74, 6) is -0.409. The quantitative estimate of drug-likeness (QED) is 0.502. The van der Waals surface area contributed by atoms with Crippen molar-refractivity contribution in [2.75, 3.05) is 0 Å². The Hall–Kier alpha value is -4.07. The van der Waals surface area contributed by atoms with Gasteiger partial charge in [-0.25, -0.2) is 4.98 Å². The van der Waals surface area contributed by atoms with Crippen LogP contribution in [0.1, 0.15) is 33.9 Å². The molecule has 0 fully saturated rings. The molecule has 4 rings (SSSR count). The lowest BCUT2D eigenvalue weighted by Crippen LogP contribution is -2.36. The minimum Gasteiger partial charge on any atom is -0.345 e. The molecule has 0 radical (unpaired) electrons. The number of rotatable bonds is 7. The summed E-state index contributed by atoms with van der Waals surface area (Å²) < 4.78 is 3.15. The molecule has 8 heteroatoms. The van der Waals surface area contributed by atoms with Crippen LogP contribution in [0.25, 0.3) is 5.69 Å². The standard InChI is InChI=1S/C23H22N6O2/c1-17-9-13-29(19-8-5-11-24-14-19)23(31)21(17)22(30)27-20(18-6-3-2-4-7-18)10-12-28-16-25-15-26-28/h2-9,11,13-16,20H,10,12H2,1H3,(H,27,30). The Balaban J connectivity index is 1.63. The van der Waals surface area contributed by atoms with Crippen LogP contribution in [0.15, 0.2) is 84.6 Å². The van der Waals surface area contributed by atoms with Gasteiger partial charge in [0.15, 0.2) is 0 Å². The number of nitrogens with zero attached hydrogens (tertiary/aromatic N) is 5. The number of carbonyl (C=O) groups is 1. The largest absolute Gasteiger partial charge is 0.345 e. The van der Waals surface area contributed by atoms with Crippen molar-refractivity contribution in [2.45, 2.75) is 25.9 Å². The van der Waals surface area contributed by atoms with Gasteiger partial charge in [0.1, 0.15) is 18.2 Å². The number of carbonyl (C=O) groups excluding carboxylic acids is 1. The summed E-state index contributed by atoms with van der Waals surface area (Å²) in [4.78, 5) is 34.4. The van der Waals surface area contributed by atoms with Crippen molar-refractivity contribution in [3.8, 4) is 5.69 Å². The molecule has 3 aromatic heterocycles. The number of amides is 1. The van der Waals surface area contributed by atoms with E-state index >= 15 is 0 Å². The summed E-state index contributed by atoms with van der Waals surface area (Å²) >= 11 is 0. The molecule has 8 nitrogen and oxygen atoms in total. The van der Waals surface area contributed by atoms with Crippen molar-refractivity contribution < 1.29 is 4.79 Å². The van der Waals surface area contributed by atoms with Crippen LogP contribution < -0.4 is 10.9 Å². The van der Waals surface area contributed by atoms with E-state index < -0.39 is 5.91 Å². The van der Waals surface area contributed by atoms with E-state index in [1.165, 1.54) is 10.9 Å². The van der Waals surface area contributed by atoms with Crippen molar-refractivity contribution in [1.82, 2.24) is 29.6 Å². The molecule has 1 N–H and O–H groups in total. The van der Waals surface area contributed by atoms with Crippen LogP contribution in [0.5, 0.6) is 0 Å². The topological polar surface area (TPSA) is 94.7 Å². The summed E-state index contributed by atoms with van der Waals surface area (Å²) in [6.07, 6.45) is 8.59. The number of aryl methyl sites for hydroxylation is 2. The fourth-order valence-corrected chi connectivity index (χ4v) is 3.45. The second-order valence-corrected chi connectivity index (χ2v) is 7.14. The number of aromatic nitrogens is 5. The average Bonchev–Trinajstić information content (AvgIpc) is 3.31. The Morgan fingerprint density at radius 2 is 1.94 bits per heavy atom. The molecule has 0 aliphatic heterocycles. The van der Waals surface area contributed by atoms with Crippen molar-refractivity contribution >= 4 is 5.91 Å². The zero-order valence-corrected chi connectivity index (χ0v) is 17.0. The van der Waals surface area contributed by atoms with Gasteiger partial charge >= 0.3 is 0 Å². The lowest BCUT2D eigenvalue weighted by Gasteiger charge is -2.20. The van der Waals surface area contributed by atoms with Gasteiger partial charge in [0.05, 0.1) is 17.9 Å². The van der Waals surface area contributed by atoms with Crippen molar-refractivity contribution in [3.63, 3.8) is 0 Å². The van der Waals surface area contributed by atoms with Gasteiger partial charge in [-0.15, -0.1) is 0 Å². The Kier molecular flexibility index (Phi) is 5.98. The third kappa shape index (κ3) is 4.58. The van der Waals surface area contributed by atoms with E-state index in [0.717, 1.165) is 5.56 Å². The number of hydrogen-bond acceptors (Lipinski definition) is 5. The van der Waals surface area contributed by atoms with Gasteiger partial charge in [0.2, 0.25) is 0 Å². The van der Waals surface area contributed by atoms with Gasteiger partial charge in [-0.1, -0.05) is 30.3 Å². The molecule has 156 valence electrons. The molecule has 0 spiro atoms. The Labute approximate surface area is 179 Å². The summed E-state index contributed by atoms with van der Waals surface area (Å²) in [5, 5.41) is 7.17. The fourth-order valence-electron chi connectivity index (χ4n) is 3.45. The maximum atomic E-state index is 13.2. The van der Waals surface area contributed by atoms with Crippen molar-refractivity contribution in [1.29, 1.82) is 0 Å². The molecular formula is C23H22N6O2. The first-order valence-corrected chi connectivity index (χ1v) is 9.94. The molecule has 0 aliphatic rings. The van der Waals surface area contributed by atoms with Crippen LogP contribution in [-0.2, 0) is 6.54 Å². The molecule has 1 unspecified atom stereocenters. The third-order valence-corrected chi connectivity index (χ3v) is 5.07. The van der Waals surface area contributed by atoms with Gasteiger partial charge < -0.3 is 5.32 Å². The zero-order valence-electron chi connectivity index (χ0n) is 17.0. The first-order chi connectivity index (χ1) is 15.1. The van der Waals surface area contributed by atoms with E-state index in [0.29, 0.717) is 24.2 Å². The van der Waals surface area contributed by atoms with Crippen LogP contribution in [0.3, 0.4) is 0 Å². The van der Waals surface area contributed by atoms with Gasteiger partial charge in [-0.2, -0.15) is 5.10 Å². The van der Waals surface area contributed by atoms with Crippen LogP contribution in [0.2, 0.25) is 0 Å². The first-order valence-electron chi connectivity index (χ1n) is 9.94. The predicted octanol–water partition coefficient (Wildman–Crippen LogP) is 2.69. The van der Waals surface area contributed by atoms with E-state index in [1.807, 2.05) is 30.3 Å². The molecule has 31 heavy (non-hydrogen) atoms. The lowest BCUT2D eigenvalue weighted by molar-refractivity contribution is 0.0931. The Morgan fingerprint density at radius 1 is 1.10 bits per heavy atom. The summed E-state index contributed by atoms with van der Waals surface area (Å²) in [6.45, 7) is 2.34. The smallest absolute Gasteiger partial charge is 0.268 e.